The molecule has 2 aromatic carbocycles. The number of aromatic nitrogens is 1. The van der Waals surface area contributed by atoms with Gasteiger partial charge in [-0.2, -0.15) is 0 Å². The molecule has 21 heavy (non-hydrogen) atoms. The number of hydrazine groups is 1. The van der Waals surface area contributed by atoms with Crippen molar-refractivity contribution in [3.05, 3.63) is 71.9 Å². The van der Waals surface area contributed by atoms with Crippen molar-refractivity contribution < 1.29 is 0 Å². The molecule has 4 nitrogen and oxygen atoms in total. The van der Waals surface area contributed by atoms with Crippen LogP contribution in [0.15, 0.2) is 60.8 Å². The molecule has 3 aromatic rings. The number of hydrogen-bond donors (Lipinski definition) is 3. The minimum absolute atomic E-state index is 0.0115. The standard InChI is InChI=1S/C17H18N4/c18-17-13(7-4-10-20-17)11-16(21-19)15-9-3-6-12-5-1-2-8-14(12)15/h1-10,16,21H,11,19H2,(H2,18,20). The van der Waals surface area contributed by atoms with Crippen molar-refractivity contribution in [3.63, 3.8) is 0 Å². The minimum Gasteiger partial charge on any atom is -0.383 e. The van der Waals surface area contributed by atoms with Crippen LogP contribution in [0.2, 0.25) is 0 Å². The zero-order valence-electron chi connectivity index (χ0n) is 11.7. The number of anilines is 1. The third-order valence-electron chi connectivity index (χ3n) is 3.75. The van der Waals surface area contributed by atoms with Crippen molar-refractivity contribution in [1.29, 1.82) is 0 Å². The highest BCUT2D eigenvalue weighted by Crippen LogP contribution is 2.27. The summed E-state index contributed by atoms with van der Waals surface area (Å²) in [7, 11) is 0. The number of nitrogens with zero attached hydrogens (tertiary/aromatic N) is 1. The Morgan fingerprint density at radius 1 is 1.00 bits per heavy atom. The zero-order chi connectivity index (χ0) is 14.7. The average Bonchev–Trinajstić information content (AvgIpc) is 2.54. The predicted octanol–water partition coefficient (Wildman–Crippen LogP) is 2.56. The SMILES string of the molecule is NNC(Cc1cccnc1N)c1cccc2ccccc12. The molecule has 1 aromatic heterocycles. The van der Waals surface area contributed by atoms with Crippen LogP contribution in [0.1, 0.15) is 17.2 Å². The third kappa shape index (κ3) is 2.72. The molecule has 0 saturated heterocycles. The summed E-state index contributed by atoms with van der Waals surface area (Å²) in [6, 6.07) is 18.4. The van der Waals surface area contributed by atoms with E-state index >= 15 is 0 Å². The zero-order valence-corrected chi connectivity index (χ0v) is 11.7. The molecule has 5 N–H and O–H groups in total. The monoisotopic (exact) mass is 278 g/mol. The van der Waals surface area contributed by atoms with E-state index in [0.29, 0.717) is 12.2 Å². The van der Waals surface area contributed by atoms with Crippen LogP contribution in [-0.4, -0.2) is 4.98 Å². The lowest BCUT2D eigenvalue weighted by atomic mass is 9.95. The second-order valence-electron chi connectivity index (χ2n) is 5.04. The summed E-state index contributed by atoms with van der Waals surface area (Å²) in [4.78, 5) is 4.13. The average molecular weight is 278 g/mol. The maximum atomic E-state index is 5.93. The summed E-state index contributed by atoms with van der Waals surface area (Å²) in [5, 5.41) is 2.40. The molecule has 0 spiro atoms. The fraction of sp³-hybridized carbons (Fsp3) is 0.118. The van der Waals surface area contributed by atoms with Gasteiger partial charge in [-0.25, -0.2) is 4.98 Å². The van der Waals surface area contributed by atoms with E-state index in [1.165, 1.54) is 16.3 Å². The normalized spacial score (nSPS) is 12.4. The van der Waals surface area contributed by atoms with Crippen LogP contribution >= 0.6 is 0 Å². The summed E-state index contributed by atoms with van der Waals surface area (Å²) < 4.78 is 0. The summed E-state index contributed by atoms with van der Waals surface area (Å²) in [6.07, 6.45) is 2.39. The van der Waals surface area contributed by atoms with Gasteiger partial charge >= 0.3 is 0 Å². The van der Waals surface area contributed by atoms with Gasteiger partial charge in [0.15, 0.2) is 0 Å². The second kappa shape index (κ2) is 5.91. The van der Waals surface area contributed by atoms with Gasteiger partial charge in [0.25, 0.3) is 0 Å². The molecule has 0 saturated carbocycles. The molecule has 0 aliphatic carbocycles. The number of hydrogen-bond acceptors (Lipinski definition) is 4. The number of fused-ring (bicyclic) bond motifs is 1. The first-order chi connectivity index (χ1) is 10.3. The molecular formula is C17H18N4. The molecule has 0 aliphatic rings. The van der Waals surface area contributed by atoms with Gasteiger partial charge in [-0.15, -0.1) is 0 Å². The van der Waals surface area contributed by atoms with E-state index in [0.717, 1.165) is 5.56 Å². The number of nitrogens with two attached hydrogens (primary N) is 2. The van der Waals surface area contributed by atoms with Crippen LogP contribution < -0.4 is 17.0 Å². The lowest BCUT2D eigenvalue weighted by Gasteiger charge is -2.19. The topological polar surface area (TPSA) is 77.0 Å². The summed E-state index contributed by atoms with van der Waals surface area (Å²) in [6.45, 7) is 0. The number of pyridine rings is 1. The number of benzene rings is 2. The second-order valence-corrected chi connectivity index (χ2v) is 5.04. The first-order valence-corrected chi connectivity index (χ1v) is 6.93. The van der Waals surface area contributed by atoms with Gasteiger partial charge in [0, 0.05) is 6.20 Å². The Morgan fingerprint density at radius 3 is 2.62 bits per heavy atom. The van der Waals surface area contributed by atoms with Crippen molar-refractivity contribution in [3.8, 4) is 0 Å². The number of nitrogens with one attached hydrogen (secondary N) is 1. The highest BCUT2D eigenvalue weighted by Gasteiger charge is 2.15. The van der Waals surface area contributed by atoms with Crippen LogP contribution in [0.3, 0.4) is 0 Å². The number of nitrogen functional groups attached to an aromatic ring is 1. The fourth-order valence-electron chi connectivity index (χ4n) is 2.66. The quantitative estimate of drug-likeness (QED) is 0.506. The highest BCUT2D eigenvalue weighted by atomic mass is 15.2. The minimum atomic E-state index is -0.0115. The van der Waals surface area contributed by atoms with Crippen molar-refractivity contribution in [1.82, 2.24) is 10.4 Å². The molecule has 0 bridgehead atoms. The van der Waals surface area contributed by atoms with Gasteiger partial charge in [-0.05, 0) is 34.4 Å². The van der Waals surface area contributed by atoms with Gasteiger partial charge in [0.1, 0.15) is 5.82 Å². The number of rotatable bonds is 4. The van der Waals surface area contributed by atoms with Gasteiger partial charge in [0.05, 0.1) is 6.04 Å². The predicted molar refractivity (Wildman–Crippen MR) is 86.4 cm³/mol. The largest absolute Gasteiger partial charge is 0.383 e. The van der Waals surface area contributed by atoms with Crippen molar-refractivity contribution in [2.75, 3.05) is 5.73 Å². The van der Waals surface area contributed by atoms with Crippen molar-refractivity contribution in [2.45, 2.75) is 12.5 Å². The molecule has 4 heteroatoms. The van der Waals surface area contributed by atoms with Gasteiger partial charge in [-0.3, -0.25) is 11.3 Å². The van der Waals surface area contributed by atoms with E-state index in [2.05, 4.69) is 40.7 Å². The molecule has 0 aliphatic heterocycles. The Kier molecular flexibility index (Phi) is 3.81. The van der Waals surface area contributed by atoms with Crippen LogP contribution in [-0.2, 0) is 6.42 Å². The lowest BCUT2D eigenvalue weighted by Crippen LogP contribution is -2.30. The van der Waals surface area contributed by atoms with Crippen LogP contribution in [0.25, 0.3) is 10.8 Å². The maximum Gasteiger partial charge on any atom is 0.126 e. The van der Waals surface area contributed by atoms with E-state index in [4.69, 9.17) is 11.6 Å². The Morgan fingerprint density at radius 2 is 1.81 bits per heavy atom. The van der Waals surface area contributed by atoms with E-state index < -0.39 is 0 Å². The third-order valence-corrected chi connectivity index (χ3v) is 3.75. The highest BCUT2D eigenvalue weighted by molar-refractivity contribution is 5.86. The van der Waals surface area contributed by atoms with Gasteiger partial charge in [0.2, 0.25) is 0 Å². The van der Waals surface area contributed by atoms with Crippen LogP contribution in [0.4, 0.5) is 5.82 Å². The van der Waals surface area contributed by atoms with Crippen molar-refractivity contribution >= 4 is 16.6 Å². The molecule has 3 rings (SSSR count). The smallest absolute Gasteiger partial charge is 0.126 e. The fourth-order valence-corrected chi connectivity index (χ4v) is 2.66. The lowest BCUT2D eigenvalue weighted by molar-refractivity contribution is 0.555. The van der Waals surface area contributed by atoms with E-state index in [1.54, 1.807) is 6.20 Å². The molecule has 0 fully saturated rings. The molecule has 1 heterocycles. The summed E-state index contributed by atoms with van der Waals surface area (Å²) >= 11 is 0. The van der Waals surface area contributed by atoms with Gasteiger partial charge in [-0.1, -0.05) is 48.5 Å². The van der Waals surface area contributed by atoms with E-state index in [-0.39, 0.29) is 6.04 Å². The van der Waals surface area contributed by atoms with Gasteiger partial charge < -0.3 is 5.73 Å². The Labute approximate surface area is 123 Å². The molecule has 1 atom stereocenters. The molecule has 106 valence electrons. The molecule has 0 amide bonds. The summed E-state index contributed by atoms with van der Waals surface area (Å²) in [5.74, 6) is 6.34. The molecule has 1 unspecified atom stereocenters. The Hall–Kier alpha value is -2.43. The summed E-state index contributed by atoms with van der Waals surface area (Å²) in [5.41, 5.74) is 11.0. The first kappa shape index (κ1) is 13.5. The van der Waals surface area contributed by atoms with Crippen LogP contribution in [0, 0.1) is 0 Å². The Bertz CT molecular complexity index is 749. The van der Waals surface area contributed by atoms with E-state index in [1.807, 2.05) is 24.3 Å². The van der Waals surface area contributed by atoms with E-state index in [9.17, 15) is 0 Å². The molecule has 0 radical (unpaired) electrons. The Balaban J connectivity index is 2.01. The van der Waals surface area contributed by atoms with Crippen LogP contribution in [0.5, 0.6) is 0 Å². The molecular weight excluding hydrogens is 260 g/mol. The maximum absolute atomic E-state index is 5.93. The first-order valence-electron chi connectivity index (χ1n) is 6.93. The van der Waals surface area contributed by atoms with Crippen molar-refractivity contribution in [2.24, 2.45) is 5.84 Å².